The SMILES string of the molecule is Cc1cc(NS(=O)(=O)C(C)C(N)=S)c2ccccc2n1. The van der Waals surface area contributed by atoms with E-state index >= 15 is 0 Å². The normalized spacial score (nSPS) is 13.1. The third-order valence-corrected chi connectivity index (χ3v) is 5.15. The molecule has 0 amide bonds. The second-order valence-electron chi connectivity index (χ2n) is 4.52. The minimum absolute atomic E-state index is 0.0624. The van der Waals surface area contributed by atoms with Crippen LogP contribution in [0, 0.1) is 6.92 Å². The van der Waals surface area contributed by atoms with Crippen molar-refractivity contribution in [1.29, 1.82) is 0 Å². The second kappa shape index (κ2) is 5.34. The Kier molecular flexibility index (Phi) is 3.92. The number of anilines is 1. The molecule has 0 saturated heterocycles. The predicted molar refractivity (Wildman–Crippen MR) is 85.3 cm³/mol. The number of nitrogens with one attached hydrogen (secondary N) is 1. The van der Waals surface area contributed by atoms with Crippen LogP contribution in [0.1, 0.15) is 12.6 Å². The molecule has 0 radical (unpaired) electrons. The number of hydrogen-bond acceptors (Lipinski definition) is 4. The number of nitrogens with zero attached hydrogens (tertiary/aromatic N) is 1. The number of pyridine rings is 1. The lowest BCUT2D eigenvalue weighted by Gasteiger charge is -2.15. The van der Waals surface area contributed by atoms with E-state index in [1.807, 2.05) is 24.3 Å². The molecular weight excluding hydrogens is 294 g/mol. The molecule has 0 aliphatic rings. The number of para-hydroxylation sites is 1. The van der Waals surface area contributed by atoms with E-state index in [2.05, 4.69) is 9.71 Å². The van der Waals surface area contributed by atoms with Crippen LogP contribution in [0.25, 0.3) is 10.9 Å². The summed E-state index contributed by atoms with van der Waals surface area (Å²) in [7, 11) is -3.66. The van der Waals surface area contributed by atoms with Crippen molar-refractivity contribution in [3.63, 3.8) is 0 Å². The van der Waals surface area contributed by atoms with Crippen LogP contribution in [0.5, 0.6) is 0 Å². The van der Waals surface area contributed by atoms with E-state index in [4.69, 9.17) is 18.0 Å². The fourth-order valence-corrected chi connectivity index (χ4v) is 3.12. The molecule has 5 nitrogen and oxygen atoms in total. The highest BCUT2D eigenvalue weighted by Gasteiger charge is 2.24. The molecule has 1 heterocycles. The highest BCUT2D eigenvalue weighted by molar-refractivity contribution is 7.95. The van der Waals surface area contributed by atoms with Gasteiger partial charge in [-0.15, -0.1) is 0 Å². The maximum absolute atomic E-state index is 12.2. The molecule has 0 bridgehead atoms. The predicted octanol–water partition coefficient (Wildman–Crippen LogP) is 1.96. The number of fused-ring (bicyclic) bond motifs is 1. The molecule has 2 rings (SSSR count). The maximum atomic E-state index is 12.2. The minimum Gasteiger partial charge on any atom is -0.392 e. The first-order valence-electron chi connectivity index (χ1n) is 5.98. The van der Waals surface area contributed by atoms with Gasteiger partial charge in [-0.1, -0.05) is 30.4 Å². The molecule has 1 atom stereocenters. The molecule has 7 heteroatoms. The molecule has 1 unspecified atom stereocenters. The first-order valence-corrected chi connectivity index (χ1v) is 7.94. The van der Waals surface area contributed by atoms with Gasteiger partial charge in [0.2, 0.25) is 10.0 Å². The number of benzene rings is 1. The van der Waals surface area contributed by atoms with Crippen LogP contribution in [0.3, 0.4) is 0 Å². The van der Waals surface area contributed by atoms with Gasteiger partial charge in [0.15, 0.2) is 0 Å². The first-order chi connectivity index (χ1) is 9.31. The molecule has 1 aromatic heterocycles. The summed E-state index contributed by atoms with van der Waals surface area (Å²) >= 11 is 4.75. The lowest BCUT2D eigenvalue weighted by Crippen LogP contribution is -2.35. The lowest BCUT2D eigenvalue weighted by atomic mass is 10.2. The zero-order chi connectivity index (χ0) is 14.9. The maximum Gasteiger partial charge on any atom is 0.241 e. The minimum atomic E-state index is -3.66. The number of aromatic nitrogens is 1. The lowest BCUT2D eigenvalue weighted by molar-refractivity contribution is 0.598. The van der Waals surface area contributed by atoms with Gasteiger partial charge in [-0.25, -0.2) is 8.42 Å². The summed E-state index contributed by atoms with van der Waals surface area (Å²) in [5.74, 6) is 0. The Bertz CT molecular complexity index is 772. The van der Waals surface area contributed by atoms with Crippen LogP contribution in [0.2, 0.25) is 0 Å². The Balaban J connectivity index is 2.52. The topological polar surface area (TPSA) is 85.1 Å². The Morgan fingerprint density at radius 3 is 2.70 bits per heavy atom. The van der Waals surface area contributed by atoms with Crippen molar-refractivity contribution in [3.8, 4) is 0 Å². The molecule has 0 aliphatic heterocycles. The Morgan fingerprint density at radius 2 is 2.05 bits per heavy atom. The molecule has 3 N–H and O–H groups in total. The van der Waals surface area contributed by atoms with E-state index in [0.29, 0.717) is 5.69 Å². The van der Waals surface area contributed by atoms with E-state index in [0.717, 1.165) is 16.6 Å². The van der Waals surface area contributed by atoms with Crippen LogP contribution in [0.15, 0.2) is 30.3 Å². The molecule has 2 aromatic rings. The molecule has 106 valence electrons. The number of aryl methyl sites for hydroxylation is 1. The van der Waals surface area contributed by atoms with E-state index in [1.54, 1.807) is 13.0 Å². The average Bonchev–Trinajstić information content (AvgIpc) is 2.37. The Labute approximate surface area is 123 Å². The third kappa shape index (κ3) is 2.88. The third-order valence-electron chi connectivity index (χ3n) is 2.96. The van der Waals surface area contributed by atoms with Crippen LogP contribution >= 0.6 is 12.2 Å². The quantitative estimate of drug-likeness (QED) is 0.843. The van der Waals surface area contributed by atoms with Crippen molar-refractivity contribution in [2.24, 2.45) is 5.73 Å². The second-order valence-corrected chi connectivity index (χ2v) is 6.99. The van der Waals surface area contributed by atoms with Crippen LogP contribution < -0.4 is 10.5 Å². The van der Waals surface area contributed by atoms with Crippen molar-refractivity contribution in [1.82, 2.24) is 4.98 Å². The van der Waals surface area contributed by atoms with Gasteiger partial charge in [-0.2, -0.15) is 0 Å². The van der Waals surface area contributed by atoms with E-state index < -0.39 is 15.3 Å². The summed E-state index contributed by atoms with van der Waals surface area (Å²) in [5, 5.41) is -0.207. The van der Waals surface area contributed by atoms with Gasteiger partial charge < -0.3 is 5.73 Å². The summed E-state index contributed by atoms with van der Waals surface area (Å²) in [4.78, 5) is 4.30. The molecule has 0 spiro atoms. The highest BCUT2D eigenvalue weighted by atomic mass is 32.2. The Hall–Kier alpha value is -1.73. The van der Waals surface area contributed by atoms with Gasteiger partial charge in [-0.05, 0) is 26.0 Å². The Morgan fingerprint density at radius 1 is 1.40 bits per heavy atom. The van der Waals surface area contributed by atoms with Crippen LogP contribution in [0.4, 0.5) is 5.69 Å². The van der Waals surface area contributed by atoms with Crippen molar-refractivity contribution < 1.29 is 8.42 Å². The van der Waals surface area contributed by atoms with Gasteiger partial charge in [0.05, 0.1) is 16.2 Å². The van der Waals surface area contributed by atoms with Crippen molar-refractivity contribution in [2.75, 3.05) is 4.72 Å². The van der Waals surface area contributed by atoms with E-state index in [-0.39, 0.29) is 4.99 Å². The van der Waals surface area contributed by atoms with Crippen LogP contribution in [-0.4, -0.2) is 23.6 Å². The largest absolute Gasteiger partial charge is 0.392 e. The number of nitrogens with two attached hydrogens (primary N) is 1. The fourth-order valence-electron chi connectivity index (χ4n) is 1.79. The molecule has 1 aromatic carbocycles. The molecule has 20 heavy (non-hydrogen) atoms. The molecule has 0 saturated carbocycles. The van der Waals surface area contributed by atoms with Gasteiger partial charge in [-0.3, -0.25) is 9.71 Å². The average molecular weight is 309 g/mol. The van der Waals surface area contributed by atoms with E-state index in [9.17, 15) is 8.42 Å². The van der Waals surface area contributed by atoms with Gasteiger partial charge in [0.1, 0.15) is 5.25 Å². The van der Waals surface area contributed by atoms with Crippen molar-refractivity contribution >= 4 is 43.8 Å². The highest BCUT2D eigenvalue weighted by Crippen LogP contribution is 2.24. The summed E-state index contributed by atoms with van der Waals surface area (Å²) < 4.78 is 26.9. The number of thiocarbonyl (C=S) groups is 1. The first kappa shape index (κ1) is 14.7. The fraction of sp³-hybridized carbons (Fsp3) is 0.231. The van der Waals surface area contributed by atoms with Crippen molar-refractivity contribution in [2.45, 2.75) is 19.1 Å². The summed E-state index contributed by atoms with van der Waals surface area (Å²) in [6, 6.07) is 9.01. The van der Waals surface area contributed by atoms with Gasteiger partial charge in [0, 0.05) is 11.1 Å². The smallest absolute Gasteiger partial charge is 0.241 e. The monoisotopic (exact) mass is 309 g/mol. The summed E-state index contributed by atoms with van der Waals surface area (Å²) in [5.41, 5.74) is 7.36. The molecular formula is C13H15N3O2S2. The van der Waals surface area contributed by atoms with Gasteiger partial charge >= 0.3 is 0 Å². The van der Waals surface area contributed by atoms with E-state index in [1.165, 1.54) is 6.92 Å². The zero-order valence-corrected chi connectivity index (χ0v) is 12.8. The molecule has 0 fully saturated rings. The van der Waals surface area contributed by atoms with Gasteiger partial charge in [0.25, 0.3) is 0 Å². The molecule has 0 aliphatic carbocycles. The summed E-state index contributed by atoms with van der Waals surface area (Å²) in [6.07, 6.45) is 0. The standard InChI is InChI=1S/C13H15N3O2S2/c1-8-7-12(10-5-3-4-6-11(10)15-8)16-20(17,18)9(2)13(14)19/h3-7,9H,1-2H3,(H2,14,19)(H,15,16). The zero-order valence-electron chi connectivity index (χ0n) is 11.1. The number of hydrogen-bond donors (Lipinski definition) is 2. The van der Waals surface area contributed by atoms with Crippen molar-refractivity contribution in [3.05, 3.63) is 36.0 Å². The summed E-state index contributed by atoms with van der Waals surface area (Å²) in [6.45, 7) is 3.27. The van der Waals surface area contributed by atoms with Crippen LogP contribution in [-0.2, 0) is 10.0 Å². The number of sulfonamides is 1. The number of rotatable bonds is 4.